The second-order valence-corrected chi connectivity index (χ2v) is 4.37. The summed E-state index contributed by atoms with van der Waals surface area (Å²) in [6.07, 6.45) is 3.91. The zero-order chi connectivity index (χ0) is 11.5. The molecule has 1 aliphatic carbocycles. The molecule has 6 nitrogen and oxygen atoms in total. The van der Waals surface area contributed by atoms with E-state index in [1.54, 1.807) is 0 Å². The van der Waals surface area contributed by atoms with E-state index in [0.29, 0.717) is 11.9 Å². The van der Waals surface area contributed by atoms with Crippen LogP contribution in [0, 0.1) is 5.92 Å². The monoisotopic (exact) mass is 222 g/mol. The Kier molecular flexibility index (Phi) is 3.07. The predicted octanol–water partition coefficient (Wildman–Crippen LogP) is 0.732. The normalized spacial score (nSPS) is 14.9. The molecular weight excluding hydrogens is 204 g/mol. The molecule has 0 spiro atoms. The highest BCUT2D eigenvalue weighted by molar-refractivity contribution is 5.40. The van der Waals surface area contributed by atoms with Crippen molar-refractivity contribution in [3.8, 4) is 0 Å². The zero-order valence-corrected chi connectivity index (χ0v) is 9.77. The number of nitrogen functional groups attached to an aromatic ring is 1. The molecular formula is C10H18N6. The third-order valence-electron chi connectivity index (χ3n) is 2.57. The standard InChI is InChI=1S/C10H18N6/c1-16(2)10-14-8(11)13-9(15-10)12-6-5-7-3-4-7/h7H,3-6H2,1-2H3,(H3,11,12,13,14,15). The summed E-state index contributed by atoms with van der Waals surface area (Å²) in [4.78, 5) is 14.2. The molecule has 1 aromatic heterocycles. The van der Waals surface area contributed by atoms with Gasteiger partial charge in [0.05, 0.1) is 0 Å². The molecule has 1 aromatic rings. The summed E-state index contributed by atoms with van der Waals surface area (Å²) < 4.78 is 0. The van der Waals surface area contributed by atoms with Gasteiger partial charge < -0.3 is 16.0 Å². The van der Waals surface area contributed by atoms with Crippen LogP contribution in [0.25, 0.3) is 0 Å². The maximum atomic E-state index is 5.61. The van der Waals surface area contributed by atoms with Gasteiger partial charge in [-0.2, -0.15) is 15.0 Å². The van der Waals surface area contributed by atoms with Crippen LogP contribution in [0.4, 0.5) is 17.8 Å². The van der Waals surface area contributed by atoms with Crippen molar-refractivity contribution in [2.24, 2.45) is 5.92 Å². The number of hydrogen-bond acceptors (Lipinski definition) is 6. The third-order valence-corrected chi connectivity index (χ3v) is 2.57. The largest absolute Gasteiger partial charge is 0.368 e. The van der Waals surface area contributed by atoms with Crippen LogP contribution in [-0.4, -0.2) is 35.6 Å². The summed E-state index contributed by atoms with van der Waals surface area (Å²) in [7, 11) is 3.76. The summed E-state index contributed by atoms with van der Waals surface area (Å²) in [6, 6.07) is 0. The summed E-state index contributed by atoms with van der Waals surface area (Å²) >= 11 is 0. The maximum absolute atomic E-state index is 5.61. The first-order valence-electron chi connectivity index (χ1n) is 5.58. The van der Waals surface area contributed by atoms with Gasteiger partial charge in [-0.25, -0.2) is 0 Å². The van der Waals surface area contributed by atoms with Gasteiger partial charge in [0.1, 0.15) is 0 Å². The van der Waals surface area contributed by atoms with Crippen molar-refractivity contribution in [1.82, 2.24) is 15.0 Å². The molecule has 88 valence electrons. The minimum atomic E-state index is 0.257. The molecule has 6 heteroatoms. The lowest BCUT2D eigenvalue weighted by atomic mass is 10.3. The highest BCUT2D eigenvalue weighted by atomic mass is 15.3. The molecule has 0 radical (unpaired) electrons. The molecule has 0 saturated heterocycles. The number of hydrogen-bond donors (Lipinski definition) is 2. The first-order valence-corrected chi connectivity index (χ1v) is 5.58. The van der Waals surface area contributed by atoms with E-state index >= 15 is 0 Å². The average Bonchev–Trinajstić information content (AvgIpc) is 3.01. The van der Waals surface area contributed by atoms with Crippen LogP contribution in [0.5, 0.6) is 0 Å². The molecule has 0 aliphatic heterocycles. The number of rotatable bonds is 5. The third kappa shape index (κ3) is 2.95. The topological polar surface area (TPSA) is 80.0 Å². The molecule has 16 heavy (non-hydrogen) atoms. The van der Waals surface area contributed by atoms with Gasteiger partial charge >= 0.3 is 0 Å². The van der Waals surface area contributed by atoms with E-state index in [2.05, 4.69) is 20.3 Å². The molecule has 1 fully saturated rings. The fraction of sp³-hybridized carbons (Fsp3) is 0.700. The van der Waals surface area contributed by atoms with Gasteiger partial charge in [-0.15, -0.1) is 0 Å². The maximum Gasteiger partial charge on any atom is 0.231 e. The Labute approximate surface area is 95.3 Å². The van der Waals surface area contributed by atoms with Crippen molar-refractivity contribution in [1.29, 1.82) is 0 Å². The Bertz CT molecular complexity index is 360. The van der Waals surface area contributed by atoms with E-state index in [9.17, 15) is 0 Å². The predicted molar refractivity (Wildman–Crippen MR) is 64.4 cm³/mol. The van der Waals surface area contributed by atoms with Crippen LogP contribution in [0.3, 0.4) is 0 Å². The second-order valence-electron chi connectivity index (χ2n) is 4.37. The lowest BCUT2D eigenvalue weighted by molar-refractivity contribution is 0.754. The lowest BCUT2D eigenvalue weighted by Crippen LogP contribution is -2.16. The van der Waals surface area contributed by atoms with Crippen molar-refractivity contribution in [3.05, 3.63) is 0 Å². The number of nitrogens with one attached hydrogen (secondary N) is 1. The molecule has 0 aromatic carbocycles. The molecule has 0 unspecified atom stereocenters. The highest BCUT2D eigenvalue weighted by Gasteiger charge is 2.20. The van der Waals surface area contributed by atoms with Crippen molar-refractivity contribution >= 4 is 17.8 Å². The summed E-state index contributed by atoms with van der Waals surface area (Å²) in [6.45, 7) is 0.904. The van der Waals surface area contributed by atoms with Crippen LogP contribution in [-0.2, 0) is 0 Å². The molecule has 0 amide bonds. The number of anilines is 3. The summed E-state index contributed by atoms with van der Waals surface area (Å²) in [5.41, 5.74) is 5.61. The van der Waals surface area contributed by atoms with E-state index in [1.165, 1.54) is 19.3 Å². The first-order chi connectivity index (χ1) is 7.65. The smallest absolute Gasteiger partial charge is 0.231 e. The van der Waals surface area contributed by atoms with Crippen LogP contribution in [0.1, 0.15) is 19.3 Å². The summed E-state index contributed by atoms with van der Waals surface area (Å²) in [5.74, 6) is 2.31. The van der Waals surface area contributed by atoms with Crippen molar-refractivity contribution < 1.29 is 0 Å². The minimum absolute atomic E-state index is 0.257. The summed E-state index contributed by atoms with van der Waals surface area (Å²) in [5, 5.41) is 3.18. The lowest BCUT2D eigenvalue weighted by Gasteiger charge is -2.11. The van der Waals surface area contributed by atoms with E-state index in [0.717, 1.165) is 12.5 Å². The van der Waals surface area contributed by atoms with E-state index < -0.39 is 0 Å². The van der Waals surface area contributed by atoms with Gasteiger partial charge in [0, 0.05) is 20.6 Å². The molecule has 1 aliphatic rings. The molecule has 3 N–H and O–H groups in total. The molecule has 1 saturated carbocycles. The Hall–Kier alpha value is -1.59. The first kappa shape index (κ1) is 10.9. The number of nitrogens with two attached hydrogens (primary N) is 1. The van der Waals surface area contributed by atoms with E-state index in [-0.39, 0.29) is 5.95 Å². The van der Waals surface area contributed by atoms with Gasteiger partial charge in [-0.1, -0.05) is 12.8 Å². The van der Waals surface area contributed by atoms with Crippen molar-refractivity contribution in [3.63, 3.8) is 0 Å². The molecule has 0 atom stereocenters. The van der Waals surface area contributed by atoms with Crippen molar-refractivity contribution in [2.75, 3.05) is 36.6 Å². The number of nitrogens with zero attached hydrogens (tertiary/aromatic N) is 4. The van der Waals surface area contributed by atoms with Gasteiger partial charge in [0.15, 0.2) is 0 Å². The van der Waals surface area contributed by atoms with Crippen LogP contribution in [0.2, 0.25) is 0 Å². The van der Waals surface area contributed by atoms with Crippen LogP contribution in [0.15, 0.2) is 0 Å². The molecule has 0 bridgehead atoms. The van der Waals surface area contributed by atoms with Crippen molar-refractivity contribution in [2.45, 2.75) is 19.3 Å². The number of aromatic nitrogens is 3. The van der Waals surface area contributed by atoms with Crippen LogP contribution < -0.4 is 16.0 Å². The Morgan fingerprint density at radius 3 is 2.69 bits per heavy atom. The second kappa shape index (κ2) is 4.51. The van der Waals surface area contributed by atoms with Gasteiger partial charge in [0.25, 0.3) is 0 Å². The Morgan fingerprint density at radius 2 is 2.06 bits per heavy atom. The SMILES string of the molecule is CN(C)c1nc(N)nc(NCCC2CC2)n1. The Balaban J connectivity index is 1.95. The fourth-order valence-corrected chi connectivity index (χ4v) is 1.45. The van der Waals surface area contributed by atoms with E-state index in [1.807, 2.05) is 19.0 Å². The highest BCUT2D eigenvalue weighted by Crippen LogP contribution is 2.31. The van der Waals surface area contributed by atoms with Gasteiger partial charge in [-0.3, -0.25) is 0 Å². The quantitative estimate of drug-likeness (QED) is 0.764. The average molecular weight is 222 g/mol. The van der Waals surface area contributed by atoms with E-state index in [4.69, 9.17) is 5.73 Å². The van der Waals surface area contributed by atoms with Crippen LogP contribution >= 0.6 is 0 Å². The van der Waals surface area contributed by atoms with Gasteiger partial charge in [0.2, 0.25) is 17.8 Å². The minimum Gasteiger partial charge on any atom is -0.368 e. The zero-order valence-electron chi connectivity index (χ0n) is 9.77. The Morgan fingerprint density at radius 1 is 1.31 bits per heavy atom. The molecule has 1 heterocycles. The van der Waals surface area contributed by atoms with Gasteiger partial charge in [-0.05, 0) is 12.3 Å². The fourth-order valence-electron chi connectivity index (χ4n) is 1.45. The molecule has 2 rings (SSSR count).